The van der Waals surface area contributed by atoms with E-state index in [0.29, 0.717) is 5.92 Å². The molecule has 0 aromatic rings. The van der Waals surface area contributed by atoms with E-state index >= 15 is 0 Å². The van der Waals surface area contributed by atoms with Gasteiger partial charge in [0, 0.05) is 5.92 Å². The molecule has 2 rings (SSSR count). The van der Waals surface area contributed by atoms with Crippen molar-refractivity contribution in [3.05, 3.63) is 0 Å². The van der Waals surface area contributed by atoms with E-state index in [1.54, 1.807) is 0 Å². The van der Waals surface area contributed by atoms with E-state index in [2.05, 4.69) is 6.92 Å². The van der Waals surface area contributed by atoms with Crippen molar-refractivity contribution in [2.24, 2.45) is 5.92 Å². The van der Waals surface area contributed by atoms with Crippen LogP contribution in [0.5, 0.6) is 0 Å². The first-order valence-corrected chi connectivity index (χ1v) is 6.05. The van der Waals surface area contributed by atoms with Crippen LogP contribution in [0.15, 0.2) is 0 Å². The zero-order valence-electron chi connectivity index (χ0n) is 9.62. The SMILES string of the molecule is CCC1(C)OC(=O)OC1C1CCCCC1. The molecule has 0 radical (unpaired) electrons. The summed E-state index contributed by atoms with van der Waals surface area (Å²) in [7, 11) is 0. The largest absolute Gasteiger partial charge is 0.509 e. The van der Waals surface area contributed by atoms with Crippen LogP contribution >= 0.6 is 0 Å². The van der Waals surface area contributed by atoms with Gasteiger partial charge in [0.2, 0.25) is 0 Å². The maximum absolute atomic E-state index is 11.2. The van der Waals surface area contributed by atoms with Gasteiger partial charge in [-0.2, -0.15) is 0 Å². The van der Waals surface area contributed by atoms with Crippen molar-refractivity contribution in [2.45, 2.75) is 64.1 Å². The van der Waals surface area contributed by atoms with Gasteiger partial charge in [-0.3, -0.25) is 0 Å². The molecule has 1 aliphatic carbocycles. The fourth-order valence-corrected chi connectivity index (χ4v) is 2.81. The summed E-state index contributed by atoms with van der Waals surface area (Å²) in [6.45, 7) is 4.05. The van der Waals surface area contributed by atoms with Crippen LogP contribution in [0, 0.1) is 5.92 Å². The zero-order valence-corrected chi connectivity index (χ0v) is 9.62. The van der Waals surface area contributed by atoms with Gasteiger partial charge in [0.25, 0.3) is 0 Å². The third kappa shape index (κ3) is 1.97. The number of hydrogen-bond donors (Lipinski definition) is 0. The zero-order chi connectivity index (χ0) is 10.9. The lowest BCUT2D eigenvalue weighted by Crippen LogP contribution is -2.41. The summed E-state index contributed by atoms with van der Waals surface area (Å²) in [5, 5.41) is 0. The van der Waals surface area contributed by atoms with Crippen molar-refractivity contribution in [3.63, 3.8) is 0 Å². The molecule has 0 amide bonds. The molecule has 15 heavy (non-hydrogen) atoms. The number of carbonyl (C=O) groups excluding carboxylic acids is 1. The number of carbonyl (C=O) groups is 1. The predicted octanol–water partition coefficient (Wildman–Crippen LogP) is 3.27. The summed E-state index contributed by atoms with van der Waals surface area (Å²) in [6, 6.07) is 0. The molecule has 1 aliphatic heterocycles. The highest BCUT2D eigenvalue weighted by Crippen LogP contribution is 2.40. The maximum atomic E-state index is 11.2. The van der Waals surface area contributed by atoms with Crippen LogP contribution in [0.2, 0.25) is 0 Å². The summed E-state index contributed by atoms with van der Waals surface area (Å²) < 4.78 is 10.6. The molecule has 2 fully saturated rings. The Labute approximate surface area is 91.1 Å². The second-order valence-corrected chi connectivity index (χ2v) is 4.95. The highest BCUT2D eigenvalue weighted by Gasteiger charge is 2.49. The van der Waals surface area contributed by atoms with Crippen LogP contribution in [-0.4, -0.2) is 17.9 Å². The molecule has 0 N–H and O–H groups in total. The summed E-state index contributed by atoms with van der Waals surface area (Å²) in [4.78, 5) is 11.2. The van der Waals surface area contributed by atoms with Crippen molar-refractivity contribution in [2.75, 3.05) is 0 Å². The minimum atomic E-state index is -0.477. The van der Waals surface area contributed by atoms with E-state index in [1.165, 1.54) is 32.1 Å². The molecule has 3 heteroatoms. The van der Waals surface area contributed by atoms with Crippen LogP contribution in [0.3, 0.4) is 0 Å². The van der Waals surface area contributed by atoms with E-state index in [1.807, 2.05) is 6.92 Å². The molecule has 0 aromatic heterocycles. The monoisotopic (exact) mass is 212 g/mol. The van der Waals surface area contributed by atoms with Gasteiger partial charge < -0.3 is 9.47 Å². The lowest BCUT2D eigenvalue weighted by atomic mass is 9.78. The molecule has 2 aliphatic rings. The Kier molecular flexibility index (Phi) is 2.89. The number of cyclic esters (lactones) is 2. The summed E-state index contributed by atoms with van der Waals surface area (Å²) >= 11 is 0. The van der Waals surface area contributed by atoms with Gasteiger partial charge in [0.05, 0.1) is 0 Å². The van der Waals surface area contributed by atoms with Gasteiger partial charge in [0.1, 0.15) is 11.7 Å². The minimum absolute atomic E-state index is 0.0182. The molecule has 2 unspecified atom stereocenters. The Morgan fingerprint density at radius 3 is 2.60 bits per heavy atom. The fourth-order valence-electron chi connectivity index (χ4n) is 2.81. The lowest BCUT2D eigenvalue weighted by Gasteiger charge is -2.33. The summed E-state index contributed by atoms with van der Waals surface area (Å²) in [5.41, 5.74) is -0.390. The van der Waals surface area contributed by atoms with E-state index in [4.69, 9.17) is 9.47 Å². The number of hydrogen-bond acceptors (Lipinski definition) is 3. The lowest BCUT2D eigenvalue weighted by molar-refractivity contribution is 0.00377. The Balaban J connectivity index is 2.08. The van der Waals surface area contributed by atoms with Gasteiger partial charge in [-0.1, -0.05) is 26.2 Å². The van der Waals surface area contributed by atoms with Crippen molar-refractivity contribution in [1.29, 1.82) is 0 Å². The molecular formula is C12H20O3. The van der Waals surface area contributed by atoms with Gasteiger partial charge in [-0.25, -0.2) is 4.79 Å². The molecule has 0 spiro atoms. The van der Waals surface area contributed by atoms with Crippen LogP contribution in [0.4, 0.5) is 4.79 Å². The Morgan fingerprint density at radius 2 is 2.00 bits per heavy atom. The topological polar surface area (TPSA) is 35.5 Å². The third-order valence-corrected chi connectivity index (χ3v) is 3.92. The number of rotatable bonds is 2. The third-order valence-electron chi connectivity index (χ3n) is 3.92. The van der Waals surface area contributed by atoms with Crippen LogP contribution < -0.4 is 0 Å². The molecule has 1 saturated heterocycles. The quantitative estimate of drug-likeness (QED) is 0.659. The minimum Gasteiger partial charge on any atom is -0.426 e. The van der Waals surface area contributed by atoms with Crippen molar-refractivity contribution in [3.8, 4) is 0 Å². The van der Waals surface area contributed by atoms with Crippen molar-refractivity contribution >= 4 is 6.16 Å². The van der Waals surface area contributed by atoms with Crippen molar-refractivity contribution in [1.82, 2.24) is 0 Å². The van der Waals surface area contributed by atoms with Gasteiger partial charge >= 0.3 is 6.16 Å². The second kappa shape index (κ2) is 4.03. The normalized spacial score (nSPS) is 37.5. The van der Waals surface area contributed by atoms with Crippen molar-refractivity contribution < 1.29 is 14.3 Å². The van der Waals surface area contributed by atoms with Gasteiger partial charge in [-0.05, 0) is 26.2 Å². The van der Waals surface area contributed by atoms with Gasteiger partial charge in [0.15, 0.2) is 0 Å². The standard InChI is InChI=1S/C12H20O3/c1-3-12(2)10(14-11(13)15-12)9-7-5-4-6-8-9/h9-10H,3-8H2,1-2H3. The molecule has 0 bridgehead atoms. The Hall–Kier alpha value is -0.730. The van der Waals surface area contributed by atoms with E-state index in [-0.39, 0.29) is 11.7 Å². The molecular weight excluding hydrogens is 192 g/mol. The molecule has 3 nitrogen and oxygen atoms in total. The molecule has 0 aromatic carbocycles. The Morgan fingerprint density at radius 1 is 1.33 bits per heavy atom. The average Bonchev–Trinajstić information content (AvgIpc) is 2.56. The summed E-state index contributed by atoms with van der Waals surface area (Å²) in [5.74, 6) is 0.509. The van der Waals surface area contributed by atoms with Gasteiger partial charge in [-0.15, -0.1) is 0 Å². The highest BCUT2D eigenvalue weighted by atomic mass is 16.8. The van der Waals surface area contributed by atoms with E-state index in [9.17, 15) is 4.79 Å². The van der Waals surface area contributed by atoms with E-state index in [0.717, 1.165) is 6.42 Å². The fraction of sp³-hybridized carbons (Fsp3) is 0.917. The summed E-state index contributed by atoms with van der Waals surface area (Å²) in [6.07, 6.45) is 6.54. The van der Waals surface area contributed by atoms with Crippen LogP contribution in [0.25, 0.3) is 0 Å². The van der Waals surface area contributed by atoms with E-state index < -0.39 is 6.16 Å². The first-order valence-electron chi connectivity index (χ1n) is 6.05. The molecule has 1 heterocycles. The predicted molar refractivity (Wildman–Crippen MR) is 56.6 cm³/mol. The average molecular weight is 212 g/mol. The first kappa shape index (κ1) is 10.8. The smallest absolute Gasteiger partial charge is 0.426 e. The molecule has 1 saturated carbocycles. The molecule has 86 valence electrons. The Bertz CT molecular complexity index is 245. The maximum Gasteiger partial charge on any atom is 0.509 e. The van der Waals surface area contributed by atoms with Crippen LogP contribution in [-0.2, 0) is 9.47 Å². The second-order valence-electron chi connectivity index (χ2n) is 4.95. The first-order chi connectivity index (χ1) is 7.15. The van der Waals surface area contributed by atoms with Crippen LogP contribution in [0.1, 0.15) is 52.4 Å². The molecule has 2 atom stereocenters. The number of ether oxygens (including phenoxy) is 2. The highest BCUT2D eigenvalue weighted by molar-refractivity contribution is 5.63.